The molecule has 0 unspecified atom stereocenters. The second kappa shape index (κ2) is 6.91. The first-order chi connectivity index (χ1) is 10.8. The highest BCUT2D eigenvalue weighted by Crippen LogP contribution is 2.26. The van der Waals surface area contributed by atoms with Gasteiger partial charge in [0.05, 0.1) is 0 Å². The number of aromatic nitrogens is 2. The lowest BCUT2D eigenvalue weighted by Gasteiger charge is -2.02. The van der Waals surface area contributed by atoms with Crippen LogP contribution in [0.4, 0.5) is 5.69 Å². The molecule has 0 atom stereocenters. The van der Waals surface area contributed by atoms with Crippen molar-refractivity contribution in [3.05, 3.63) is 78.2 Å². The van der Waals surface area contributed by atoms with E-state index in [0.717, 1.165) is 21.2 Å². The summed E-state index contributed by atoms with van der Waals surface area (Å²) in [5, 5.41) is 0.910. The Balaban J connectivity index is 1.75. The average molecular weight is 305 g/mol. The van der Waals surface area contributed by atoms with Gasteiger partial charge in [-0.1, -0.05) is 48.2 Å². The first-order valence-corrected chi connectivity index (χ1v) is 7.71. The van der Waals surface area contributed by atoms with Crippen LogP contribution >= 0.6 is 11.8 Å². The zero-order valence-corrected chi connectivity index (χ0v) is 12.7. The van der Waals surface area contributed by atoms with E-state index >= 15 is 0 Å². The lowest BCUT2D eigenvalue weighted by Crippen LogP contribution is -1.89. The van der Waals surface area contributed by atoms with E-state index in [0.29, 0.717) is 5.82 Å². The molecule has 0 aliphatic carbocycles. The highest BCUT2D eigenvalue weighted by Gasteiger charge is 2.00. The first kappa shape index (κ1) is 14.4. The molecule has 2 N–H and O–H groups in total. The fraction of sp³-hybridized carbons (Fsp3) is 0. The van der Waals surface area contributed by atoms with Crippen LogP contribution in [-0.4, -0.2) is 9.97 Å². The smallest absolute Gasteiger partial charge is 0.153 e. The Morgan fingerprint density at radius 1 is 0.864 bits per heavy atom. The van der Waals surface area contributed by atoms with Gasteiger partial charge in [0.15, 0.2) is 5.82 Å². The van der Waals surface area contributed by atoms with Gasteiger partial charge < -0.3 is 5.73 Å². The Hall–Kier alpha value is -2.59. The van der Waals surface area contributed by atoms with Crippen LogP contribution < -0.4 is 5.73 Å². The molecule has 0 amide bonds. The van der Waals surface area contributed by atoms with E-state index < -0.39 is 0 Å². The zero-order chi connectivity index (χ0) is 15.2. The minimum atomic E-state index is 0.698. The van der Waals surface area contributed by atoms with Crippen molar-refractivity contribution in [2.24, 2.45) is 0 Å². The molecule has 22 heavy (non-hydrogen) atoms. The van der Waals surface area contributed by atoms with Crippen molar-refractivity contribution >= 4 is 29.6 Å². The summed E-state index contributed by atoms with van der Waals surface area (Å²) in [7, 11) is 0. The Kier molecular flexibility index (Phi) is 4.51. The maximum Gasteiger partial charge on any atom is 0.153 e. The van der Waals surface area contributed by atoms with E-state index in [1.807, 2.05) is 72.8 Å². The second-order valence-corrected chi connectivity index (χ2v) is 5.76. The molecule has 0 bridgehead atoms. The van der Waals surface area contributed by atoms with E-state index in [2.05, 4.69) is 9.97 Å². The average Bonchev–Trinajstić information content (AvgIpc) is 2.57. The highest BCUT2D eigenvalue weighted by atomic mass is 32.2. The molecule has 3 rings (SSSR count). The third-order valence-corrected chi connectivity index (χ3v) is 3.92. The minimum absolute atomic E-state index is 0.698. The quantitative estimate of drug-likeness (QED) is 0.574. The summed E-state index contributed by atoms with van der Waals surface area (Å²) in [4.78, 5) is 9.92. The highest BCUT2D eigenvalue weighted by molar-refractivity contribution is 7.99. The van der Waals surface area contributed by atoms with Gasteiger partial charge in [-0.25, -0.2) is 9.97 Å². The van der Waals surface area contributed by atoms with Crippen molar-refractivity contribution in [2.45, 2.75) is 9.92 Å². The number of nitrogen functional groups attached to an aromatic ring is 1. The van der Waals surface area contributed by atoms with Gasteiger partial charge in [-0.3, -0.25) is 0 Å². The van der Waals surface area contributed by atoms with Gasteiger partial charge in [0.1, 0.15) is 5.03 Å². The van der Waals surface area contributed by atoms with Crippen LogP contribution in [0.1, 0.15) is 11.4 Å². The third-order valence-electron chi connectivity index (χ3n) is 2.98. The summed E-state index contributed by atoms with van der Waals surface area (Å²) in [6.45, 7) is 0. The van der Waals surface area contributed by atoms with Crippen LogP contribution in [0.3, 0.4) is 0 Å². The van der Waals surface area contributed by atoms with Gasteiger partial charge in [-0.15, -0.1) is 0 Å². The van der Waals surface area contributed by atoms with E-state index in [-0.39, 0.29) is 0 Å². The summed E-state index contributed by atoms with van der Waals surface area (Å²) in [5.41, 5.74) is 7.58. The first-order valence-electron chi connectivity index (χ1n) is 6.89. The Labute approximate surface area is 133 Å². The maximum atomic E-state index is 5.69. The Bertz CT molecular complexity index is 768. The molecule has 0 saturated heterocycles. The molecule has 108 valence electrons. The molecule has 0 saturated carbocycles. The van der Waals surface area contributed by atoms with Crippen molar-refractivity contribution in [1.82, 2.24) is 9.97 Å². The number of nitrogens with zero attached hydrogens (tertiary/aromatic N) is 2. The van der Waals surface area contributed by atoms with Gasteiger partial charge >= 0.3 is 0 Å². The van der Waals surface area contributed by atoms with Crippen LogP contribution in [0.2, 0.25) is 0 Å². The molecular weight excluding hydrogens is 290 g/mol. The summed E-state index contributed by atoms with van der Waals surface area (Å²) in [6, 6.07) is 19.8. The SMILES string of the molecule is Nc1ccc(Sc2ccnc(/C=C/c3ccccc3)n2)cc1. The summed E-state index contributed by atoms with van der Waals surface area (Å²) in [5.74, 6) is 0.698. The topological polar surface area (TPSA) is 51.8 Å². The molecule has 0 aliphatic rings. The molecular formula is C18H15N3S. The van der Waals surface area contributed by atoms with Crippen LogP contribution in [0.15, 0.2) is 76.8 Å². The number of nitrogens with two attached hydrogens (primary N) is 1. The normalized spacial score (nSPS) is 10.9. The summed E-state index contributed by atoms with van der Waals surface area (Å²) in [6.07, 6.45) is 5.70. The lowest BCUT2D eigenvalue weighted by atomic mass is 10.2. The van der Waals surface area contributed by atoms with Crippen molar-refractivity contribution in [2.75, 3.05) is 5.73 Å². The van der Waals surface area contributed by atoms with Crippen LogP contribution in [0, 0.1) is 0 Å². The van der Waals surface area contributed by atoms with Crippen molar-refractivity contribution < 1.29 is 0 Å². The van der Waals surface area contributed by atoms with Crippen LogP contribution in [-0.2, 0) is 0 Å². The fourth-order valence-electron chi connectivity index (χ4n) is 1.89. The molecule has 0 radical (unpaired) electrons. The Morgan fingerprint density at radius 3 is 2.41 bits per heavy atom. The number of rotatable bonds is 4. The third kappa shape index (κ3) is 3.96. The largest absolute Gasteiger partial charge is 0.399 e. The minimum Gasteiger partial charge on any atom is -0.399 e. The molecule has 1 aromatic heterocycles. The molecule has 0 aliphatic heterocycles. The predicted octanol–water partition coefficient (Wildman–Crippen LogP) is 4.38. The summed E-state index contributed by atoms with van der Waals surface area (Å²) >= 11 is 1.59. The lowest BCUT2D eigenvalue weighted by molar-refractivity contribution is 1.02. The molecule has 0 fully saturated rings. The predicted molar refractivity (Wildman–Crippen MR) is 92.4 cm³/mol. The van der Waals surface area contributed by atoms with Crippen LogP contribution in [0.25, 0.3) is 12.2 Å². The number of anilines is 1. The zero-order valence-electron chi connectivity index (χ0n) is 11.9. The molecule has 4 heteroatoms. The molecule has 2 aromatic carbocycles. The molecule has 3 nitrogen and oxygen atoms in total. The van der Waals surface area contributed by atoms with Gasteiger partial charge in [0.2, 0.25) is 0 Å². The maximum absolute atomic E-state index is 5.69. The molecule has 1 heterocycles. The number of benzene rings is 2. The standard InChI is InChI=1S/C18H15N3S/c19-15-7-9-16(10-8-15)22-18-12-13-20-17(21-18)11-6-14-4-2-1-3-5-14/h1-13H,19H2/b11-6+. The van der Waals surface area contributed by atoms with Crippen molar-refractivity contribution in [3.63, 3.8) is 0 Å². The van der Waals surface area contributed by atoms with Gasteiger partial charge in [0.25, 0.3) is 0 Å². The fourth-order valence-corrected chi connectivity index (χ4v) is 2.67. The van der Waals surface area contributed by atoms with Gasteiger partial charge in [0, 0.05) is 16.8 Å². The molecule has 3 aromatic rings. The number of hydrogen-bond donors (Lipinski definition) is 1. The van der Waals surface area contributed by atoms with Crippen molar-refractivity contribution in [1.29, 1.82) is 0 Å². The Morgan fingerprint density at radius 2 is 1.64 bits per heavy atom. The van der Waals surface area contributed by atoms with E-state index in [9.17, 15) is 0 Å². The van der Waals surface area contributed by atoms with E-state index in [1.54, 1.807) is 18.0 Å². The summed E-state index contributed by atoms with van der Waals surface area (Å²) < 4.78 is 0. The second-order valence-electron chi connectivity index (χ2n) is 4.67. The van der Waals surface area contributed by atoms with Gasteiger partial charge in [-0.2, -0.15) is 0 Å². The van der Waals surface area contributed by atoms with Crippen LogP contribution in [0.5, 0.6) is 0 Å². The van der Waals surface area contributed by atoms with E-state index in [4.69, 9.17) is 5.73 Å². The number of hydrogen-bond acceptors (Lipinski definition) is 4. The van der Waals surface area contributed by atoms with Gasteiger partial charge in [-0.05, 0) is 42.0 Å². The monoisotopic (exact) mass is 305 g/mol. The molecule has 0 spiro atoms. The van der Waals surface area contributed by atoms with E-state index in [1.165, 1.54) is 0 Å². The van der Waals surface area contributed by atoms with Crippen molar-refractivity contribution in [3.8, 4) is 0 Å².